The van der Waals surface area contributed by atoms with E-state index >= 15 is 0 Å². The molecule has 0 heterocycles. The third kappa shape index (κ3) is 5.36. The van der Waals surface area contributed by atoms with Crippen LogP contribution >= 0.6 is 0 Å². The topological polar surface area (TPSA) is 41.6 Å². The van der Waals surface area contributed by atoms with E-state index in [2.05, 4.69) is 5.32 Å². The van der Waals surface area contributed by atoms with E-state index in [9.17, 15) is 4.79 Å². The maximum atomic E-state index is 12.1. The van der Waals surface area contributed by atoms with Gasteiger partial charge in [0.15, 0.2) is 0 Å². The van der Waals surface area contributed by atoms with E-state index in [0.29, 0.717) is 0 Å². The van der Waals surface area contributed by atoms with Gasteiger partial charge in [-0.25, -0.2) is 0 Å². The lowest BCUT2D eigenvalue weighted by molar-refractivity contribution is -0.145. The van der Waals surface area contributed by atoms with Gasteiger partial charge in [-0.05, 0) is 26.8 Å². The highest BCUT2D eigenvalue weighted by atomic mass is 16.5. The Morgan fingerprint density at radius 3 is 2.50 bits per heavy atom. The molecule has 1 aliphatic rings. The molecular formula is C14H28N2O2. The Morgan fingerprint density at radius 1 is 1.33 bits per heavy atom. The van der Waals surface area contributed by atoms with E-state index in [1.54, 1.807) is 4.90 Å². The molecule has 0 aromatic heterocycles. The number of likely N-dealkylation sites (N-methyl/N-ethyl adjacent to an activating group) is 2. The Kier molecular flexibility index (Phi) is 7.28. The molecule has 0 spiro atoms. The smallest absolute Gasteiger partial charge is 0.251 e. The summed E-state index contributed by atoms with van der Waals surface area (Å²) in [6, 6.07) is 0. The molecule has 1 fully saturated rings. The number of hydrogen-bond donors (Lipinski definition) is 1. The van der Waals surface area contributed by atoms with Crippen molar-refractivity contribution in [3.8, 4) is 0 Å². The van der Waals surface area contributed by atoms with Gasteiger partial charge in [0.05, 0.1) is 6.10 Å². The number of hydrogen-bond acceptors (Lipinski definition) is 3. The molecule has 4 heteroatoms. The molecular weight excluding hydrogens is 228 g/mol. The van der Waals surface area contributed by atoms with Crippen LogP contribution in [0.1, 0.15) is 45.4 Å². The fourth-order valence-corrected chi connectivity index (χ4v) is 2.42. The second-order valence-electron chi connectivity index (χ2n) is 5.26. The summed E-state index contributed by atoms with van der Waals surface area (Å²) in [5, 5.41) is 3.05. The summed E-state index contributed by atoms with van der Waals surface area (Å²) in [5.41, 5.74) is 0. The number of nitrogens with one attached hydrogen (secondary N) is 1. The Labute approximate surface area is 111 Å². The summed E-state index contributed by atoms with van der Waals surface area (Å²) in [4.78, 5) is 13.8. The lowest BCUT2D eigenvalue weighted by atomic mass is 10.1. The largest absolute Gasteiger partial charge is 0.365 e. The van der Waals surface area contributed by atoms with Gasteiger partial charge < -0.3 is 15.0 Å². The number of carbonyl (C=O) groups excluding carboxylic acids is 1. The van der Waals surface area contributed by atoms with Crippen LogP contribution in [-0.4, -0.2) is 50.2 Å². The monoisotopic (exact) mass is 256 g/mol. The van der Waals surface area contributed by atoms with Gasteiger partial charge >= 0.3 is 0 Å². The van der Waals surface area contributed by atoms with Crippen molar-refractivity contribution in [2.75, 3.05) is 27.2 Å². The van der Waals surface area contributed by atoms with Crippen LogP contribution in [0.4, 0.5) is 0 Å². The van der Waals surface area contributed by atoms with Crippen molar-refractivity contribution in [1.29, 1.82) is 0 Å². The minimum atomic E-state index is -0.310. The number of rotatable bonds is 6. The molecule has 0 bridgehead atoms. The van der Waals surface area contributed by atoms with Gasteiger partial charge in [-0.2, -0.15) is 0 Å². The molecule has 0 aromatic rings. The Morgan fingerprint density at radius 2 is 1.94 bits per heavy atom. The van der Waals surface area contributed by atoms with Crippen molar-refractivity contribution in [2.45, 2.75) is 57.7 Å². The van der Waals surface area contributed by atoms with Crippen LogP contribution in [0.3, 0.4) is 0 Å². The maximum absolute atomic E-state index is 12.1. The van der Waals surface area contributed by atoms with Crippen molar-refractivity contribution in [1.82, 2.24) is 10.2 Å². The summed E-state index contributed by atoms with van der Waals surface area (Å²) in [7, 11) is 3.73. The summed E-state index contributed by atoms with van der Waals surface area (Å²) in [6.07, 6.45) is 7.28. The molecule has 1 rings (SSSR count). The summed E-state index contributed by atoms with van der Waals surface area (Å²) < 4.78 is 5.92. The predicted molar refractivity (Wildman–Crippen MR) is 73.6 cm³/mol. The van der Waals surface area contributed by atoms with Gasteiger partial charge in [0.1, 0.15) is 6.10 Å². The van der Waals surface area contributed by atoms with Crippen LogP contribution in [0.2, 0.25) is 0 Å². The molecule has 0 radical (unpaired) electrons. The highest BCUT2D eigenvalue weighted by Crippen LogP contribution is 2.21. The van der Waals surface area contributed by atoms with E-state index in [1.807, 2.05) is 21.0 Å². The zero-order valence-electron chi connectivity index (χ0n) is 12.1. The minimum Gasteiger partial charge on any atom is -0.365 e. The van der Waals surface area contributed by atoms with E-state index in [0.717, 1.165) is 25.9 Å². The third-order valence-corrected chi connectivity index (χ3v) is 3.62. The van der Waals surface area contributed by atoms with Crippen molar-refractivity contribution in [3.05, 3.63) is 0 Å². The van der Waals surface area contributed by atoms with Gasteiger partial charge in [0.25, 0.3) is 5.91 Å². The average molecular weight is 256 g/mol. The molecule has 1 amide bonds. The molecule has 0 aliphatic heterocycles. The van der Waals surface area contributed by atoms with Crippen molar-refractivity contribution in [2.24, 2.45) is 0 Å². The summed E-state index contributed by atoms with van der Waals surface area (Å²) in [6.45, 7) is 3.43. The minimum absolute atomic E-state index is 0.0921. The number of ether oxygens (including phenoxy) is 1. The number of amides is 1. The number of carbonyl (C=O) groups is 1. The van der Waals surface area contributed by atoms with E-state index < -0.39 is 0 Å². The first-order chi connectivity index (χ1) is 8.65. The molecule has 1 unspecified atom stereocenters. The SMILES string of the molecule is CNCCN(C)C(=O)C(C)OC1CCCCCC1. The standard InChI is InChI=1S/C14H28N2O2/c1-12(14(17)16(3)11-10-15-2)18-13-8-6-4-5-7-9-13/h12-13,15H,4-11H2,1-3H3. The van der Waals surface area contributed by atoms with Crippen LogP contribution in [0.5, 0.6) is 0 Å². The quantitative estimate of drug-likeness (QED) is 0.737. The maximum Gasteiger partial charge on any atom is 0.251 e. The lowest BCUT2D eigenvalue weighted by Gasteiger charge is -2.25. The lowest BCUT2D eigenvalue weighted by Crippen LogP contribution is -2.40. The van der Waals surface area contributed by atoms with Crippen LogP contribution in [0.25, 0.3) is 0 Å². The van der Waals surface area contributed by atoms with Crippen molar-refractivity contribution >= 4 is 5.91 Å². The van der Waals surface area contributed by atoms with Crippen LogP contribution < -0.4 is 5.32 Å². The zero-order chi connectivity index (χ0) is 13.4. The number of nitrogens with zero attached hydrogens (tertiary/aromatic N) is 1. The molecule has 106 valence electrons. The summed E-state index contributed by atoms with van der Waals surface area (Å²) in [5.74, 6) is 0.0921. The fraction of sp³-hybridized carbons (Fsp3) is 0.929. The van der Waals surface area contributed by atoms with E-state index in [1.165, 1.54) is 25.7 Å². The zero-order valence-corrected chi connectivity index (χ0v) is 12.1. The molecule has 0 saturated heterocycles. The Hall–Kier alpha value is -0.610. The highest BCUT2D eigenvalue weighted by Gasteiger charge is 2.22. The molecule has 1 N–H and O–H groups in total. The van der Waals surface area contributed by atoms with Gasteiger partial charge in [0.2, 0.25) is 0 Å². The van der Waals surface area contributed by atoms with E-state index in [4.69, 9.17) is 4.74 Å². The first kappa shape index (κ1) is 15.4. The third-order valence-electron chi connectivity index (χ3n) is 3.62. The van der Waals surface area contributed by atoms with Crippen molar-refractivity contribution < 1.29 is 9.53 Å². The first-order valence-corrected chi connectivity index (χ1v) is 7.20. The predicted octanol–water partition coefficient (Wildman–Crippen LogP) is 1.79. The molecule has 1 aliphatic carbocycles. The van der Waals surface area contributed by atoms with Gasteiger partial charge in [-0.1, -0.05) is 25.7 Å². The Balaban J connectivity index is 2.33. The second-order valence-corrected chi connectivity index (χ2v) is 5.26. The fourth-order valence-electron chi connectivity index (χ4n) is 2.42. The second kappa shape index (κ2) is 8.48. The molecule has 1 atom stereocenters. The normalized spacial score (nSPS) is 19.3. The Bertz CT molecular complexity index is 238. The van der Waals surface area contributed by atoms with E-state index in [-0.39, 0.29) is 18.1 Å². The van der Waals surface area contributed by atoms with Gasteiger partial charge in [-0.3, -0.25) is 4.79 Å². The first-order valence-electron chi connectivity index (χ1n) is 7.20. The summed E-state index contributed by atoms with van der Waals surface area (Å²) >= 11 is 0. The molecule has 4 nitrogen and oxygen atoms in total. The molecule has 1 saturated carbocycles. The average Bonchev–Trinajstić information content (AvgIpc) is 2.63. The molecule has 0 aromatic carbocycles. The van der Waals surface area contributed by atoms with Crippen LogP contribution in [-0.2, 0) is 9.53 Å². The van der Waals surface area contributed by atoms with Gasteiger partial charge in [0, 0.05) is 20.1 Å². The molecule has 18 heavy (non-hydrogen) atoms. The van der Waals surface area contributed by atoms with Crippen LogP contribution in [0, 0.1) is 0 Å². The van der Waals surface area contributed by atoms with Crippen molar-refractivity contribution in [3.63, 3.8) is 0 Å². The van der Waals surface area contributed by atoms with Crippen LogP contribution in [0.15, 0.2) is 0 Å². The highest BCUT2D eigenvalue weighted by molar-refractivity contribution is 5.80. The van der Waals surface area contributed by atoms with Gasteiger partial charge in [-0.15, -0.1) is 0 Å².